The van der Waals surface area contributed by atoms with Crippen LogP contribution in [0.25, 0.3) is 16.6 Å². The van der Waals surface area contributed by atoms with Gasteiger partial charge in [-0.15, -0.1) is 5.10 Å². The number of piperidine rings is 1. The van der Waals surface area contributed by atoms with Gasteiger partial charge in [0.15, 0.2) is 0 Å². The molecule has 42 heavy (non-hydrogen) atoms. The number of halogens is 2. The van der Waals surface area contributed by atoms with Crippen molar-refractivity contribution in [2.24, 2.45) is 18.9 Å². The molecule has 11 nitrogen and oxygen atoms in total. The average Bonchev–Trinajstić information content (AvgIpc) is 3.38. The number of fused-ring (bicyclic) bond motifs is 2. The van der Waals surface area contributed by atoms with Crippen LogP contribution in [0.4, 0.5) is 14.6 Å². The highest BCUT2D eigenvalue weighted by molar-refractivity contribution is 7.89. The first-order chi connectivity index (χ1) is 20.1. The molecule has 2 aromatic carbocycles. The normalized spacial score (nSPS) is 21.9. The number of carbonyl (C=O) groups is 1. The minimum atomic E-state index is -3.96. The van der Waals surface area contributed by atoms with E-state index in [0.717, 1.165) is 28.2 Å². The fraction of sp³-hybridized carbons (Fsp3) is 0.250. The first kappa shape index (κ1) is 26.3. The van der Waals surface area contributed by atoms with Crippen LogP contribution in [-0.2, 0) is 27.3 Å². The van der Waals surface area contributed by atoms with E-state index in [4.69, 9.17) is 0 Å². The van der Waals surface area contributed by atoms with E-state index in [0.29, 0.717) is 5.69 Å². The molecule has 7 rings (SSSR count). The first-order valence-electron chi connectivity index (χ1n) is 13.1. The highest BCUT2D eigenvalue weighted by Gasteiger charge is 2.74. The predicted molar refractivity (Wildman–Crippen MR) is 147 cm³/mol. The third-order valence-corrected chi connectivity index (χ3v) is 9.95. The fourth-order valence-electron chi connectivity index (χ4n) is 6.33. The molecule has 3 atom stereocenters. The number of amides is 1. The molecule has 5 aromatic rings. The van der Waals surface area contributed by atoms with E-state index in [9.17, 15) is 22.0 Å². The number of hydrogen-bond acceptors (Lipinski definition) is 7. The Morgan fingerprint density at radius 3 is 2.48 bits per heavy atom. The van der Waals surface area contributed by atoms with Gasteiger partial charge in [0.2, 0.25) is 10.9 Å². The Morgan fingerprint density at radius 1 is 1.02 bits per heavy atom. The maximum Gasteiger partial charge on any atom is 0.264 e. The van der Waals surface area contributed by atoms with Crippen LogP contribution < -0.4 is 5.32 Å². The summed E-state index contributed by atoms with van der Waals surface area (Å²) in [4.78, 5) is 18.7. The Balaban J connectivity index is 1.28. The number of carbonyl (C=O) groups excluding carboxylic acids is 1. The second kappa shape index (κ2) is 9.22. The maximum atomic E-state index is 13.6. The summed E-state index contributed by atoms with van der Waals surface area (Å²) in [5.74, 6) is -1.87. The van der Waals surface area contributed by atoms with Crippen LogP contribution in [0.15, 0.2) is 72.1 Å². The number of aryl methyl sites for hydroxylation is 2. The number of aromatic nitrogens is 6. The molecule has 0 spiro atoms. The lowest BCUT2D eigenvalue weighted by Crippen LogP contribution is -2.37. The molecular weight excluding hydrogens is 566 g/mol. The van der Waals surface area contributed by atoms with E-state index in [1.165, 1.54) is 46.6 Å². The van der Waals surface area contributed by atoms with Gasteiger partial charge in [0.1, 0.15) is 17.5 Å². The van der Waals surface area contributed by atoms with Crippen LogP contribution in [0, 0.1) is 30.4 Å². The molecular formula is C28H24F2N8O3S. The van der Waals surface area contributed by atoms with Gasteiger partial charge in [0.05, 0.1) is 35.7 Å². The second-order valence-electron chi connectivity index (χ2n) is 10.7. The van der Waals surface area contributed by atoms with Crippen LogP contribution in [0.3, 0.4) is 0 Å². The van der Waals surface area contributed by atoms with Crippen molar-refractivity contribution in [2.45, 2.75) is 17.4 Å². The highest BCUT2D eigenvalue weighted by atomic mass is 32.2. The number of hydrogen-bond donors (Lipinski definition) is 1. The molecule has 1 aliphatic carbocycles. The quantitative estimate of drug-likeness (QED) is 0.322. The van der Waals surface area contributed by atoms with Crippen molar-refractivity contribution in [1.29, 1.82) is 0 Å². The van der Waals surface area contributed by atoms with Crippen molar-refractivity contribution in [3.63, 3.8) is 0 Å². The third kappa shape index (κ3) is 4.01. The Morgan fingerprint density at radius 2 is 1.79 bits per heavy atom. The first-order valence-corrected chi connectivity index (χ1v) is 14.6. The van der Waals surface area contributed by atoms with Gasteiger partial charge in [-0.2, -0.15) is 19.3 Å². The Labute approximate surface area is 238 Å². The summed E-state index contributed by atoms with van der Waals surface area (Å²) < 4.78 is 57.0. The van der Waals surface area contributed by atoms with Crippen LogP contribution in [0.5, 0.6) is 0 Å². The molecule has 1 saturated heterocycles. The zero-order valence-electron chi connectivity index (χ0n) is 22.4. The van der Waals surface area contributed by atoms with E-state index in [2.05, 4.69) is 25.6 Å². The van der Waals surface area contributed by atoms with E-state index in [1.807, 2.05) is 19.1 Å². The molecule has 4 heterocycles. The highest BCUT2D eigenvalue weighted by Crippen LogP contribution is 2.65. The summed E-state index contributed by atoms with van der Waals surface area (Å²) in [6.45, 7) is 2.08. The molecule has 1 aliphatic heterocycles. The fourth-order valence-corrected chi connectivity index (χ4v) is 7.74. The maximum absolute atomic E-state index is 13.6. The number of nitrogens with one attached hydrogen (secondary N) is 1. The van der Waals surface area contributed by atoms with Gasteiger partial charge >= 0.3 is 0 Å². The number of pyridine rings is 1. The minimum absolute atomic E-state index is 0.0595. The minimum Gasteiger partial charge on any atom is -0.310 e. The van der Waals surface area contributed by atoms with Gasteiger partial charge in [-0.25, -0.2) is 26.9 Å². The van der Waals surface area contributed by atoms with Crippen molar-refractivity contribution in [1.82, 2.24) is 34.1 Å². The molecule has 0 radical (unpaired) electrons. The number of sulfonamides is 1. The molecule has 1 amide bonds. The van der Waals surface area contributed by atoms with Gasteiger partial charge in [0.25, 0.3) is 10.0 Å². The van der Waals surface area contributed by atoms with Crippen molar-refractivity contribution in [2.75, 3.05) is 18.4 Å². The number of nitrogens with zero attached hydrogens (tertiary/aromatic N) is 7. The topological polar surface area (TPSA) is 128 Å². The summed E-state index contributed by atoms with van der Waals surface area (Å²) in [5.41, 5.74) is 2.34. The lowest BCUT2D eigenvalue weighted by atomic mass is 9.88. The molecule has 3 aromatic heterocycles. The summed E-state index contributed by atoms with van der Waals surface area (Å²) in [7, 11) is -2.43. The van der Waals surface area contributed by atoms with Crippen LogP contribution >= 0.6 is 0 Å². The zero-order valence-corrected chi connectivity index (χ0v) is 23.3. The third-order valence-electron chi connectivity index (χ3n) is 8.28. The van der Waals surface area contributed by atoms with Gasteiger partial charge in [-0.1, -0.05) is 0 Å². The van der Waals surface area contributed by atoms with Gasteiger partial charge in [-0.05, 0) is 72.5 Å². The van der Waals surface area contributed by atoms with E-state index < -0.39 is 27.2 Å². The Hall–Kier alpha value is -4.56. The van der Waals surface area contributed by atoms with Gasteiger partial charge < -0.3 is 5.32 Å². The van der Waals surface area contributed by atoms with Crippen molar-refractivity contribution in [3.8, 4) is 5.69 Å². The van der Waals surface area contributed by atoms with Gasteiger partial charge in [0, 0.05) is 30.9 Å². The van der Waals surface area contributed by atoms with Crippen LogP contribution in [0.2, 0.25) is 0 Å². The van der Waals surface area contributed by atoms with Crippen LogP contribution in [-0.4, -0.2) is 61.5 Å². The van der Waals surface area contributed by atoms with Crippen molar-refractivity contribution < 1.29 is 22.0 Å². The zero-order chi connectivity index (χ0) is 29.4. The molecule has 0 bridgehead atoms. The molecule has 1 unspecified atom stereocenters. The van der Waals surface area contributed by atoms with E-state index >= 15 is 0 Å². The SMILES string of the molecule is Cc1cc2c(cnn2-c2ccc(F)cc2)cc1[C@@]12CN(S(=O)(=O)c3cnn(C)n3)CC1[C@H]2C(=O)Nc1ccc(F)cn1. The summed E-state index contributed by atoms with van der Waals surface area (Å²) in [6.07, 6.45) is 3.92. The molecule has 2 fully saturated rings. The second-order valence-corrected chi connectivity index (χ2v) is 12.6. The lowest BCUT2D eigenvalue weighted by molar-refractivity contribution is -0.118. The summed E-state index contributed by atoms with van der Waals surface area (Å²) in [6, 6.07) is 12.5. The van der Waals surface area contributed by atoms with Crippen molar-refractivity contribution >= 4 is 32.7 Å². The number of rotatable bonds is 6. The smallest absolute Gasteiger partial charge is 0.264 e. The molecule has 14 heteroatoms. The lowest BCUT2D eigenvalue weighted by Gasteiger charge is -2.24. The van der Waals surface area contributed by atoms with E-state index in [-0.39, 0.29) is 41.6 Å². The molecule has 1 N–H and O–H groups in total. The number of anilines is 1. The standard InChI is InChI=1S/C28H24F2N8O3S/c1-16-9-23-17(11-33-38(23)20-6-3-18(29)4-7-20)10-21(16)28-15-37(42(40,41)25-13-32-36(2)35-25)14-22(28)26(28)27(39)34-24-8-5-19(30)12-31-24/h3-13,22,26H,14-15H2,1-2H3,(H,31,34,39)/t22?,26-,28-/m0/s1. The van der Waals surface area contributed by atoms with E-state index in [1.54, 1.807) is 23.0 Å². The molecule has 2 aliphatic rings. The predicted octanol–water partition coefficient (Wildman–Crippen LogP) is 2.96. The molecule has 214 valence electrons. The molecule has 1 saturated carbocycles. The van der Waals surface area contributed by atoms with Crippen molar-refractivity contribution in [3.05, 3.63) is 89.9 Å². The number of benzene rings is 2. The Bertz CT molecular complexity index is 1970. The summed E-state index contributed by atoms with van der Waals surface area (Å²) >= 11 is 0. The van der Waals surface area contributed by atoms with Crippen LogP contribution in [0.1, 0.15) is 11.1 Å². The average molecular weight is 591 g/mol. The Kier molecular flexibility index (Phi) is 5.79. The summed E-state index contributed by atoms with van der Waals surface area (Å²) in [5, 5.41) is 15.8. The monoisotopic (exact) mass is 590 g/mol. The van der Waals surface area contributed by atoms with Gasteiger partial charge in [-0.3, -0.25) is 4.79 Å². The largest absolute Gasteiger partial charge is 0.310 e.